The predicted octanol–water partition coefficient (Wildman–Crippen LogP) is 2.65. The molecular formula is C24H25N3O3. The minimum absolute atomic E-state index is 0.144. The van der Waals surface area contributed by atoms with Crippen molar-refractivity contribution in [3.63, 3.8) is 0 Å². The molecule has 5 unspecified atom stereocenters. The zero-order chi connectivity index (χ0) is 21.0. The fourth-order valence-electron chi connectivity index (χ4n) is 5.41. The standard InChI is InChI=1S/C24H25N3O3/c1-3-14(2)20-18-19(22(29)27(21(18)28)13-15-9-5-4-6-10-15)24(26-20)16-11-7-8-12-17(16)25-23(24)30/h4-12,14,18-20,26H,3,13H2,1-2H3,(H,25,30). The number of nitrogens with zero attached hydrogens (tertiary/aromatic N) is 1. The van der Waals surface area contributed by atoms with E-state index in [-0.39, 0.29) is 36.2 Å². The van der Waals surface area contributed by atoms with Gasteiger partial charge >= 0.3 is 0 Å². The van der Waals surface area contributed by atoms with Crippen molar-refractivity contribution in [2.45, 2.75) is 38.4 Å². The van der Waals surface area contributed by atoms with Crippen LogP contribution in [-0.2, 0) is 26.5 Å². The van der Waals surface area contributed by atoms with Crippen LogP contribution in [0.5, 0.6) is 0 Å². The first-order valence-corrected chi connectivity index (χ1v) is 10.6. The quantitative estimate of drug-likeness (QED) is 0.770. The third-order valence-corrected chi connectivity index (χ3v) is 7.09. The van der Waals surface area contributed by atoms with Gasteiger partial charge in [-0.15, -0.1) is 0 Å². The van der Waals surface area contributed by atoms with Gasteiger partial charge in [-0.05, 0) is 17.5 Å². The van der Waals surface area contributed by atoms with Crippen molar-refractivity contribution in [2.75, 3.05) is 5.32 Å². The van der Waals surface area contributed by atoms with Gasteiger partial charge in [-0.1, -0.05) is 68.8 Å². The van der Waals surface area contributed by atoms with Gasteiger partial charge in [0.1, 0.15) is 5.54 Å². The highest BCUT2D eigenvalue weighted by atomic mass is 16.2. The molecule has 2 N–H and O–H groups in total. The van der Waals surface area contributed by atoms with Gasteiger partial charge in [-0.25, -0.2) is 0 Å². The van der Waals surface area contributed by atoms with Crippen LogP contribution in [0.4, 0.5) is 5.69 Å². The number of hydrogen-bond acceptors (Lipinski definition) is 4. The third-order valence-electron chi connectivity index (χ3n) is 7.09. The number of carbonyl (C=O) groups is 3. The monoisotopic (exact) mass is 403 g/mol. The summed E-state index contributed by atoms with van der Waals surface area (Å²) in [6.07, 6.45) is 0.848. The Hall–Kier alpha value is -2.99. The number of likely N-dealkylation sites (tertiary alicyclic amines) is 1. The second-order valence-corrected chi connectivity index (χ2v) is 8.62. The second kappa shape index (κ2) is 6.77. The van der Waals surface area contributed by atoms with E-state index in [0.29, 0.717) is 5.69 Å². The van der Waals surface area contributed by atoms with Crippen LogP contribution in [0.2, 0.25) is 0 Å². The van der Waals surface area contributed by atoms with Crippen LogP contribution in [0.1, 0.15) is 31.4 Å². The van der Waals surface area contributed by atoms with Gasteiger partial charge < -0.3 is 5.32 Å². The molecule has 154 valence electrons. The molecule has 1 spiro atoms. The molecule has 3 heterocycles. The number of para-hydroxylation sites is 1. The van der Waals surface area contributed by atoms with E-state index in [1.54, 1.807) is 0 Å². The molecule has 3 aliphatic rings. The second-order valence-electron chi connectivity index (χ2n) is 8.62. The SMILES string of the molecule is CCC(C)C1NC2(C(=O)Nc3ccccc32)C2C(=O)N(Cc3ccccc3)C(=O)C12. The van der Waals surface area contributed by atoms with Crippen molar-refractivity contribution in [3.8, 4) is 0 Å². The number of anilines is 1. The first-order chi connectivity index (χ1) is 14.5. The van der Waals surface area contributed by atoms with Crippen LogP contribution in [0.25, 0.3) is 0 Å². The number of imide groups is 1. The maximum Gasteiger partial charge on any atom is 0.250 e. The summed E-state index contributed by atoms with van der Waals surface area (Å²) in [5.74, 6) is -1.83. The minimum atomic E-state index is -1.20. The summed E-state index contributed by atoms with van der Waals surface area (Å²) in [6.45, 7) is 4.38. The van der Waals surface area contributed by atoms with Crippen molar-refractivity contribution < 1.29 is 14.4 Å². The van der Waals surface area contributed by atoms with E-state index < -0.39 is 17.4 Å². The Bertz CT molecular complexity index is 1040. The number of amides is 3. The molecule has 2 aromatic carbocycles. The van der Waals surface area contributed by atoms with Crippen LogP contribution in [-0.4, -0.2) is 28.7 Å². The van der Waals surface area contributed by atoms with Gasteiger partial charge in [0.2, 0.25) is 17.7 Å². The summed E-state index contributed by atoms with van der Waals surface area (Å²) in [5.41, 5.74) is 1.17. The smallest absolute Gasteiger partial charge is 0.250 e. The zero-order valence-electron chi connectivity index (χ0n) is 17.1. The molecule has 0 bridgehead atoms. The van der Waals surface area contributed by atoms with Gasteiger partial charge in [0, 0.05) is 17.3 Å². The van der Waals surface area contributed by atoms with E-state index in [9.17, 15) is 14.4 Å². The molecule has 30 heavy (non-hydrogen) atoms. The van der Waals surface area contributed by atoms with E-state index in [0.717, 1.165) is 17.5 Å². The average molecular weight is 403 g/mol. The largest absolute Gasteiger partial charge is 0.324 e. The molecule has 5 atom stereocenters. The summed E-state index contributed by atoms with van der Waals surface area (Å²) in [6, 6.07) is 16.7. The van der Waals surface area contributed by atoms with E-state index in [1.165, 1.54) is 4.90 Å². The molecular weight excluding hydrogens is 378 g/mol. The number of rotatable bonds is 4. The van der Waals surface area contributed by atoms with E-state index in [4.69, 9.17) is 0 Å². The maximum atomic E-state index is 13.7. The molecule has 3 amide bonds. The van der Waals surface area contributed by atoms with Crippen LogP contribution in [0.15, 0.2) is 54.6 Å². The normalized spacial score (nSPS) is 30.5. The Labute approximate surface area is 175 Å². The number of hydrogen-bond donors (Lipinski definition) is 2. The molecule has 5 rings (SSSR count). The number of benzene rings is 2. The Balaban J connectivity index is 1.62. The maximum absolute atomic E-state index is 13.7. The summed E-state index contributed by atoms with van der Waals surface area (Å²) >= 11 is 0. The summed E-state index contributed by atoms with van der Waals surface area (Å²) in [7, 11) is 0. The molecule has 2 fully saturated rings. The Morgan fingerprint density at radius 2 is 1.70 bits per heavy atom. The van der Waals surface area contributed by atoms with Crippen molar-refractivity contribution in [1.29, 1.82) is 0 Å². The van der Waals surface area contributed by atoms with E-state index in [2.05, 4.69) is 24.5 Å². The Morgan fingerprint density at radius 3 is 2.43 bits per heavy atom. The highest BCUT2D eigenvalue weighted by molar-refractivity contribution is 6.15. The molecule has 0 aliphatic carbocycles. The van der Waals surface area contributed by atoms with E-state index >= 15 is 0 Å². The topological polar surface area (TPSA) is 78.5 Å². The van der Waals surface area contributed by atoms with Gasteiger partial charge in [-0.2, -0.15) is 0 Å². The minimum Gasteiger partial charge on any atom is -0.324 e. The molecule has 6 nitrogen and oxygen atoms in total. The van der Waals surface area contributed by atoms with Crippen LogP contribution >= 0.6 is 0 Å². The number of fused-ring (bicyclic) bond motifs is 4. The Morgan fingerprint density at radius 1 is 1.00 bits per heavy atom. The highest BCUT2D eigenvalue weighted by Crippen LogP contribution is 2.54. The lowest BCUT2D eigenvalue weighted by Gasteiger charge is -2.30. The van der Waals surface area contributed by atoms with Crippen LogP contribution in [0, 0.1) is 17.8 Å². The molecule has 6 heteroatoms. The predicted molar refractivity (Wildman–Crippen MR) is 112 cm³/mol. The summed E-state index contributed by atoms with van der Waals surface area (Å²) in [5, 5.41) is 6.43. The Kier molecular flexibility index (Phi) is 4.29. The molecule has 0 aromatic heterocycles. The van der Waals surface area contributed by atoms with Crippen LogP contribution in [0.3, 0.4) is 0 Å². The average Bonchev–Trinajstić information content (AvgIpc) is 3.35. The number of carbonyl (C=O) groups excluding carboxylic acids is 3. The summed E-state index contributed by atoms with van der Waals surface area (Å²) in [4.78, 5) is 41.9. The lowest BCUT2D eigenvalue weighted by atomic mass is 9.75. The fourth-order valence-corrected chi connectivity index (χ4v) is 5.41. The van der Waals surface area contributed by atoms with Crippen molar-refractivity contribution >= 4 is 23.4 Å². The molecule has 0 saturated carbocycles. The van der Waals surface area contributed by atoms with Crippen molar-refractivity contribution in [3.05, 3.63) is 65.7 Å². The van der Waals surface area contributed by atoms with Gasteiger partial charge in [0.05, 0.1) is 18.4 Å². The molecule has 2 saturated heterocycles. The van der Waals surface area contributed by atoms with Crippen molar-refractivity contribution in [1.82, 2.24) is 10.2 Å². The lowest BCUT2D eigenvalue weighted by Crippen LogP contribution is -2.54. The van der Waals surface area contributed by atoms with Gasteiger partial charge in [0.25, 0.3) is 0 Å². The first-order valence-electron chi connectivity index (χ1n) is 10.6. The van der Waals surface area contributed by atoms with Crippen LogP contribution < -0.4 is 10.6 Å². The van der Waals surface area contributed by atoms with Crippen molar-refractivity contribution in [2.24, 2.45) is 17.8 Å². The third kappa shape index (κ3) is 2.43. The first kappa shape index (κ1) is 19.0. The molecule has 0 radical (unpaired) electrons. The molecule has 2 aromatic rings. The fraction of sp³-hybridized carbons (Fsp3) is 0.375. The molecule has 3 aliphatic heterocycles. The zero-order valence-corrected chi connectivity index (χ0v) is 17.1. The highest BCUT2D eigenvalue weighted by Gasteiger charge is 2.70. The van der Waals surface area contributed by atoms with Gasteiger partial charge in [0.15, 0.2) is 0 Å². The lowest BCUT2D eigenvalue weighted by molar-refractivity contribution is -0.143. The van der Waals surface area contributed by atoms with E-state index in [1.807, 2.05) is 54.6 Å². The van der Waals surface area contributed by atoms with Gasteiger partial charge in [-0.3, -0.25) is 24.6 Å². The number of nitrogens with one attached hydrogen (secondary N) is 2. The summed E-state index contributed by atoms with van der Waals surface area (Å²) < 4.78 is 0.